The zero-order chi connectivity index (χ0) is 24.6. The molecule has 1 amide bonds. The lowest BCUT2D eigenvalue weighted by atomic mass is 9.83. The number of hydrogen-bond donors (Lipinski definition) is 2. The van der Waals surface area contributed by atoms with Crippen LogP contribution in [0.4, 0.5) is 0 Å². The van der Waals surface area contributed by atoms with Crippen LogP contribution in [0.5, 0.6) is 0 Å². The number of amides is 1. The smallest absolute Gasteiger partial charge is 0.304 e. The summed E-state index contributed by atoms with van der Waals surface area (Å²) in [5.74, 6) is -1.27. The second-order valence-corrected chi connectivity index (χ2v) is 7.37. The molecule has 0 aliphatic rings. The lowest BCUT2D eigenvalue weighted by molar-refractivity contribution is -0.145. The molecule has 0 heterocycles. The number of aliphatic carboxylic acids is 1. The summed E-state index contributed by atoms with van der Waals surface area (Å²) in [4.78, 5) is 33.1. The third-order valence-electron chi connectivity index (χ3n) is 4.64. The third-order valence-corrected chi connectivity index (χ3v) is 4.64. The predicted molar refractivity (Wildman–Crippen MR) is 119 cm³/mol. The third kappa shape index (κ3) is 19.5. The van der Waals surface area contributed by atoms with Crippen molar-refractivity contribution in [1.82, 2.24) is 5.32 Å². The second-order valence-electron chi connectivity index (χ2n) is 7.37. The maximum atomic E-state index is 12.1. The first kappa shape index (κ1) is 31.4. The fourth-order valence-corrected chi connectivity index (χ4v) is 2.48. The molecule has 11 nitrogen and oxygen atoms in total. The standard InChI is InChI=1S/C22H41NO10/c1-3-22(2,19-20(25)26)21(27)23-5-8-29-10-12-31-14-16-33-18-17-32-15-13-30-11-9-28-7-4-6-24/h6H,3-5,7-19H2,1-2H3,(H,23,27)(H,25,26). The molecule has 11 heteroatoms. The van der Waals surface area contributed by atoms with Crippen LogP contribution in [0.1, 0.15) is 33.1 Å². The van der Waals surface area contributed by atoms with Gasteiger partial charge in [0.2, 0.25) is 5.91 Å². The van der Waals surface area contributed by atoms with E-state index in [2.05, 4.69) is 5.32 Å². The normalized spacial score (nSPS) is 12.9. The lowest BCUT2D eigenvalue weighted by Crippen LogP contribution is -2.41. The van der Waals surface area contributed by atoms with Crippen LogP contribution in [0.3, 0.4) is 0 Å². The van der Waals surface area contributed by atoms with Crippen molar-refractivity contribution in [3.63, 3.8) is 0 Å². The van der Waals surface area contributed by atoms with Crippen LogP contribution in [-0.4, -0.2) is 109 Å². The maximum absolute atomic E-state index is 12.1. The first-order chi connectivity index (χ1) is 16.0. The number of carboxylic acids is 1. The summed E-state index contributed by atoms with van der Waals surface area (Å²) >= 11 is 0. The summed E-state index contributed by atoms with van der Waals surface area (Å²) in [6.07, 6.45) is 1.47. The monoisotopic (exact) mass is 479 g/mol. The number of nitrogens with one attached hydrogen (secondary N) is 1. The Balaban J connectivity index is 3.32. The van der Waals surface area contributed by atoms with E-state index in [1.54, 1.807) is 13.8 Å². The van der Waals surface area contributed by atoms with Gasteiger partial charge in [-0.1, -0.05) is 13.8 Å². The molecule has 0 aliphatic carbocycles. The van der Waals surface area contributed by atoms with Gasteiger partial charge in [0.15, 0.2) is 0 Å². The molecule has 0 spiro atoms. The van der Waals surface area contributed by atoms with Crippen LogP contribution >= 0.6 is 0 Å². The van der Waals surface area contributed by atoms with Crippen LogP contribution in [0.2, 0.25) is 0 Å². The Kier molecular flexibility index (Phi) is 21.1. The highest BCUT2D eigenvalue weighted by Gasteiger charge is 2.33. The van der Waals surface area contributed by atoms with Crippen LogP contribution in [0.15, 0.2) is 0 Å². The zero-order valence-corrected chi connectivity index (χ0v) is 20.0. The minimum absolute atomic E-state index is 0.201. The van der Waals surface area contributed by atoms with Crippen molar-refractivity contribution >= 4 is 18.2 Å². The minimum Gasteiger partial charge on any atom is -0.481 e. The van der Waals surface area contributed by atoms with Crippen molar-refractivity contribution < 1.29 is 47.9 Å². The fraction of sp³-hybridized carbons (Fsp3) is 0.864. The van der Waals surface area contributed by atoms with Crippen molar-refractivity contribution in [2.75, 3.05) is 85.8 Å². The summed E-state index contributed by atoms with van der Waals surface area (Å²) < 4.78 is 32.0. The maximum Gasteiger partial charge on any atom is 0.304 e. The first-order valence-electron chi connectivity index (χ1n) is 11.4. The van der Waals surface area contributed by atoms with Crippen LogP contribution < -0.4 is 5.32 Å². The molecule has 1 unspecified atom stereocenters. The Labute approximate surface area is 196 Å². The number of carbonyl (C=O) groups is 3. The van der Waals surface area contributed by atoms with Crippen molar-refractivity contribution in [2.24, 2.45) is 5.41 Å². The van der Waals surface area contributed by atoms with Crippen molar-refractivity contribution in [3.8, 4) is 0 Å². The van der Waals surface area contributed by atoms with Gasteiger partial charge in [0, 0.05) is 13.0 Å². The molecule has 2 N–H and O–H groups in total. The van der Waals surface area contributed by atoms with Gasteiger partial charge in [-0.3, -0.25) is 9.59 Å². The highest BCUT2D eigenvalue weighted by atomic mass is 16.6. The Bertz CT molecular complexity index is 506. The van der Waals surface area contributed by atoms with Gasteiger partial charge in [0.05, 0.1) is 91.1 Å². The molecule has 0 aromatic carbocycles. The van der Waals surface area contributed by atoms with Crippen LogP contribution in [-0.2, 0) is 42.8 Å². The first-order valence-corrected chi connectivity index (χ1v) is 11.4. The average Bonchev–Trinajstić information content (AvgIpc) is 2.79. The van der Waals surface area contributed by atoms with Crippen LogP contribution in [0.25, 0.3) is 0 Å². The highest BCUT2D eigenvalue weighted by Crippen LogP contribution is 2.25. The molecular weight excluding hydrogens is 438 g/mol. The number of hydrogen-bond acceptors (Lipinski definition) is 9. The van der Waals surface area contributed by atoms with E-state index in [-0.39, 0.29) is 12.3 Å². The van der Waals surface area contributed by atoms with Crippen molar-refractivity contribution in [1.29, 1.82) is 0 Å². The molecule has 0 bridgehead atoms. The Morgan fingerprint density at radius 1 is 0.758 bits per heavy atom. The van der Waals surface area contributed by atoms with Gasteiger partial charge >= 0.3 is 5.97 Å². The van der Waals surface area contributed by atoms with Gasteiger partial charge in [-0.05, 0) is 6.42 Å². The fourth-order valence-electron chi connectivity index (χ4n) is 2.48. The molecule has 0 saturated carbocycles. The van der Waals surface area contributed by atoms with Gasteiger partial charge in [0.1, 0.15) is 6.29 Å². The van der Waals surface area contributed by atoms with Gasteiger partial charge < -0.3 is 43.6 Å². The molecule has 194 valence electrons. The summed E-state index contributed by atoms with van der Waals surface area (Å²) in [5, 5.41) is 11.6. The predicted octanol–water partition coefficient (Wildman–Crippen LogP) is 0.682. The number of rotatable bonds is 25. The summed E-state index contributed by atoms with van der Waals surface area (Å²) in [5.41, 5.74) is -0.915. The lowest BCUT2D eigenvalue weighted by Gasteiger charge is -2.24. The number of carboxylic acid groups (broad SMARTS) is 1. The second kappa shape index (κ2) is 22.2. The van der Waals surface area contributed by atoms with E-state index in [0.29, 0.717) is 98.7 Å². The minimum atomic E-state index is -0.990. The van der Waals surface area contributed by atoms with Crippen molar-refractivity contribution in [2.45, 2.75) is 33.1 Å². The average molecular weight is 480 g/mol. The Hall–Kier alpha value is -1.63. The topological polar surface area (TPSA) is 139 Å². The highest BCUT2D eigenvalue weighted by molar-refractivity contribution is 5.86. The zero-order valence-electron chi connectivity index (χ0n) is 20.0. The molecule has 33 heavy (non-hydrogen) atoms. The van der Waals surface area contributed by atoms with E-state index in [4.69, 9.17) is 33.5 Å². The molecule has 0 aromatic heterocycles. The molecule has 1 atom stereocenters. The van der Waals surface area contributed by atoms with E-state index in [9.17, 15) is 14.4 Å². The summed E-state index contributed by atoms with van der Waals surface area (Å²) in [7, 11) is 0. The number of ether oxygens (including phenoxy) is 6. The van der Waals surface area contributed by atoms with E-state index in [1.807, 2.05) is 0 Å². The SMILES string of the molecule is CCC(C)(CC(=O)O)C(=O)NCCOCCOCCOCCOCCOCCOCCC=O. The summed E-state index contributed by atoms with van der Waals surface area (Å²) in [6, 6.07) is 0. The van der Waals surface area contributed by atoms with Gasteiger partial charge in [-0.2, -0.15) is 0 Å². The van der Waals surface area contributed by atoms with Crippen LogP contribution in [0, 0.1) is 5.41 Å². The van der Waals surface area contributed by atoms with E-state index in [1.165, 1.54) is 0 Å². The molecular formula is C22H41NO10. The molecule has 0 aromatic rings. The Morgan fingerprint density at radius 2 is 1.15 bits per heavy atom. The number of carbonyl (C=O) groups excluding carboxylic acids is 2. The molecule has 0 rings (SSSR count). The van der Waals surface area contributed by atoms with Crippen molar-refractivity contribution in [3.05, 3.63) is 0 Å². The summed E-state index contributed by atoms with van der Waals surface area (Å²) in [6.45, 7) is 9.02. The van der Waals surface area contributed by atoms with Gasteiger partial charge in [-0.15, -0.1) is 0 Å². The quantitative estimate of drug-likeness (QED) is 0.142. The van der Waals surface area contributed by atoms with E-state index < -0.39 is 11.4 Å². The molecule has 0 saturated heterocycles. The largest absolute Gasteiger partial charge is 0.481 e. The van der Waals surface area contributed by atoms with E-state index in [0.717, 1.165) is 6.29 Å². The molecule has 0 aliphatic heterocycles. The van der Waals surface area contributed by atoms with Gasteiger partial charge in [0.25, 0.3) is 0 Å². The Morgan fingerprint density at radius 3 is 1.52 bits per heavy atom. The van der Waals surface area contributed by atoms with Gasteiger partial charge in [-0.25, -0.2) is 0 Å². The number of aldehydes is 1. The molecule has 0 radical (unpaired) electrons. The molecule has 0 fully saturated rings. The van der Waals surface area contributed by atoms with E-state index >= 15 is 0 Å².